The van der Waals surface area contributed by atoms with E-state index in [1.54, 1.807) is 4.90 Å². The van der Waals surface area contributed by atoms with Gasteiger partial charge in [-0.1, -0.05) is 48.5 Å². The van der Waals surface area contributed by atoms with Crippen LogP contribution in [0.2, 0.25) is 0 Å². The fraction of sp³-hybridized carbons (Fsp3) is 0.320. The van der Waals surface area contributed by atoms with E-state index < -0.39 is 5.91 Å². The van der Waals surface area contributed by atoms with Gasteiger partial charge in [0, 0.05) is 56.6 Å². The highest BCUT2D eigenvalue weighted by Crippen LogP contribution is 2.17. The van der Waals surface area contributed by atoms with Gasteiger partial charge in [0.15, 0.2) is 0 Å². The third-order valence-corrected chi connectivity index (χ3v) is 5.98. The first kappa shape index (κ1) is 22.5. The summed E-state index contributed by atoms with van der Waals surface area (Å²) < 4.78 is 0. The molecule has 0 radical (unpaired) electrons. The van der Waals surface area contributed by atoms with E-state index in [9.17, 15) is 14.4 Å². The van der Waals surface area contributed by atoms with Crippen LogP contribution in [0.1, 0.15) is 22.5 Å². The summed E-state index contributed by atoms with van der Waals surface area (Å²) in [6.45, 7) is 3.33. The van der Waals surface area contributed by atoms with Crippen LogP contribution in [0.25, 0.3) is 10.9 Å². The number of aromatic amines is 1. The van der Waals surface area contributed by atoms with Gasteiger partial charge in [0.05, 0.1) is 6.54 Å². The molecule has 0 saturated carbocycles. The molecule has 33 heavy (non-hydrogen) atoms. The van der Waals surface area contributed by atoms with Gasteiger partial charge in [-0.2, -0.15) is 0 Å². The molecule has 2 aromatic carbocycles. The van der Waals surface area contributed by atoms with Gasteiger partial charge in [-0.05, 0) is 17.7 Å². The minimum Gasteiger partial charge on any atom is -0.370 e. The lowest BCUT2D eigenvalue weighted by atomic mass is 10.2. The number of nitrogens with one attached hydrogen (secondary N) is 1. The third kappa shape index (κ3) is 5.78. The maximum absolute atomic E-state index is 13.0. The molecule has 0 bridgehead atoms. The van der Waals surface area contributed by atoms with Crippen LogP contribution in [0.15, 0.2) is 60.7 Å². The monoisotopic (exact) mass is 447 g/mol. The Bertz CT molecular complexity index is 1090. The van der Waals surface area contributed by atoms with Gasteiger partial charge in [0.2, 0.25) is 11.8 Å². The minimum atomic E-state index is -0.426. The average molecular weight is 448 g/mol. The summed E-state index contributed by atoms with van der Waals surface area (Å²) in [7, 11) is 0. The van der Waals surface area contributed by atoms with Crippen molar-refractivity contribution in [3.05, 3.63) is 71.9 Å². The van der Waals surface area contributed by atoms with Crippen LogP contribution < -0.4 is 5.73 Å². The van der Waals surface area contributed by atoms with E-state index in [2.05, 4.69) is 9.88 Å². The number of primary amides is 1. The first-order chi connectivity index (χ1) is 16.0. The third-order valence-electron chi connectivity index (χ3n) is 5.98. The summed E-state index contributed by atoms with van der Waals surface area (Å²) >= 11 is 0. The maximum atomic E-state index is 13.0. The number of carbonyl (C=O) groups is 3. The lowest BCUT2D eigenvalue weighted by Crippen LogP contribution is -2.51. The maximum Gasteiger partial charge on any atom is 0.270 e. The molecule has 172 valence electrons. The molecule has 1 fully saturated rings. The van der Waals surface area contributed by atoms with Crippen LogP contribution in [0.3, 0.4) is 0 Å². The lowest BCUT2D eigenvalue weighted by Gasteiger charge is -2.35. The van der Waals surface area contributed by atoms with E-state index in [-0.39, 0.29) is 24.8 Å². The topological polar surface area (TPSA) is 103 Å². The number of rotatable bonds is 8. The van der Waals surface area contributed by atoms with Crippen molar-refractivity contribution in [3.63, 3.8) is 0 Å². The number of hydrogen-bond acceptors (Lipinski definition) is 4. The largest absolute Gasteiger partial charge is 0.370 e. The van der Waals surface area contributed by atoms with Crippen molar-refractivity contribution in [2.24, 2.45) is 5.73 Å². The van der Waals surface area contributed by atoms with Gasteiger partial charge in [0.25, 0.3) is 5.91 Å². The summed E-state index contributed by atoms with van der Waals surface area (Å²) in [4.78, 5) is 46.0. The molecule has 3 aromatic rings. The number of amides is 3. The van der Waals surface area contributed by atoms with E-state index in [1.165, 1.54) is 0 Å². The highest BCUT2D eigenvalue weighted by molar-refractivity contribution is 5.98. The summed E-state index contributed by atoms with van der Waals surface area (Å²) in [5, 5.41) is 1.01. The minimum absolute atomic E-state index is 0.0238. The number of nitrogens with zero attached hydrogens (tertiary/aromatic N) is 3. The van der Waals surface area contributed by atoms with Crippen molar-refractivity contribution in [2.75, 3.05) is 39.3 Å². The van der Waals surface area contributed by atoms with Crippen LogP contribution in [0.4, 0.5) is 0 Å². The fourth-order valence-corrected chi connectivity index (χ4v) is 4.10. The summed E-state index contributed by atoms with van der Waals surface area (Å²) in [5.41, 5.74) is 7.84. The van der Waals surface area contributed by atoms with Crippen LogP contribution >= 0.6 is 0 Å². The second-order valence-electron chi connectivity index (χ2n) is 8.36. The van der Waals surface area contributed by atoms with E-state index in [0.717, 1.165) is 16.5 Å². The van der Waals surface area contributed by atoms with E-state index in [4.69, 9.17) is 5.73 Å². The molecule has 0 aliphatic carbocycles. The zero-order valence-corrected chi connectivity index (χ0v) is 18.6. The molecule has 1 aromatic heterocycles. The molecule has 1 aliphatic rings. The average Bonchev–Trinajstić information content (AvgIpc) is 3.26. The zero-order chi connectivity index (χ0) is 23.2. The highest BCUT2D eigenvalue weighted by Gasteiger charge is 2.26. The molecule has 0 atom stereocenters. The SMILES string of the molecule is NC(=O)CCN(Cc1ccccc1)C(=O)CN1CCN(C(=O)c2cc3ccccc3[nH]2)CC1. The fourth-order valence-electron chi connectivity index (χ4n) is 4.10. The van der Waals surface area contributed by atoms with Crippen molar-refractivity contribution in [1.29, 1.82) is 0 Å². The molecule has 0 spiro atoms. The standard InChI is InChI=1S/C25H29N5O3/c26-23(31)10-11-30(17-19-6-2-1-3-7-19)24(32)18-28-12-14-29(15-13-28)25(33)22-16-20-8-4-5-9-21(20)27-22/h1-9,16,27H,10-15,17-18H2,(H2,26,31). The normalized spacial score (nSPS) is 14.4. The molecule has 1 aliphatic heterocycles. The van der Waals surface area contributed by atoms with Gasteiger partial charge in [0.1, 0.15) is 5.69 Å². The Morgan fingerprint density at radius 3 is 2.33 bits per heavy atom. The first-order valence-electron chi connectivity index (χ1n) is 11.2. The molecule has 8 heteroatoms. The van der Waals surface area contributed by atoms with Crippen LogP contribution in [0, 0.1) is 0 Å². The van der Waals surface area contributed by atoms with E-state index >= 15 is 0 Å². The number of benzene rings is 2. The van der Waals surface area contributed by atoms with Gasteiger partial charge in [-0.15, -0.1) is 0 Å². The van der Waals surface area contributed by atoms with Gasteiger partial charge < -0.3 is 20.5 Å². The number of nitrogens with two attached hydrogens (primary N) is 1. The molecule has 2 heterocycles. The van der Waals surface area contributed by atoms with Crippen LogP contribution in [0.5, 0.6) is 0 Å². The molecule has 1 saturated heterocycles. The van der Waals surface area contributed by atoms with Gasteiger partial charge in [-0.25, -0.2) is 0 Å². The zero-order valence-electron chi connectivity index (χ0n) is 18.6. The highest BCUT2D eigenvalue weighted by atomic mass is 16.2. The summed E-state index contributed by atoms with van der Waals surface area (Å²) in [6, 6.07) is 19.4. The molecule has 0 unspecified atom stereocenters. The van der Waals surface area contributed by atoms with Gasteiger partial charge in [-0.3, -0.25) is 19.3 Å². The Morgan fingerprint density at radius 2 is 1.64 bits per heavy atom. The first-order valence-corrected chi connectivity index (χ1v) is 11.2. The Labute approximate surface area is 192 Å². The Kier molecular flexibility index (Phi) is 7.04. The molecule has 3 amide bonds. The number of piperazine rings is 1. The number of fused-ring (bicyclic) bond motifs is 1. The van der Waals surface area contributed by atoms with Crippen molar-refractivity contribution >= 4 is 28.6 Å². The number of hydrogen-bond donors (Lipinski definition) is 2. The lowest BCUT2D eigenvalue weighted by molar-refractivity contribution is -0.133. The number of H-pyrrole nitrogens is 1. The summed E-state index contributed by atoms with van der Waals surface area (Å²) in [6.07, 6.45) is 0.130. The molecule has 4 rings (SSSR count). The number of carbonyl (C=O) groups excluding carboxylic acids is 3. The summed E-state index contributed by atoms with van der Waals surface area (Å²) in [5.74, 6) is -0.496. The molecule has 8 nitrogen and oxygen atoms in total. The Hall–Kier alpha value is -3.65. The van der Waals surface area contributed by atoms with Crippen molar-refractivity contribution in [2.45, 2.75) is 13.0 Å². The molecular weight excluding hydrogens is 418 g/mol. The van der Waals surface area contributed by atoms with Crippen molar-refractivity contribution < 1.29 is 14.4 Å². The predicted octanol–water partition coefficient (Wildman–Crippen LogP) is 1.83. The van der Waals surface area contributed by atoms with Crippen molar-refractivity contribution in [1.82, 2.24) is 19.7 Å². The van der Waals surface area contributed by atoms with Crippen molar-refractivity contribution in [3.8, 4) is 0 Å². The van der Waals surface area contributed by atoms with Crippen LogP contribution in [-0.4, -0.2) is 76.7 Å². The van der Waals surface area contributed by atoms with Crippen LogP contribution in [-0.2, 0) is 16.1 Å². The molecular formula is C25H29N5O3. The van der Waals surface area contributed by atoms with Gasteiger partial charge >= 0.3 is 0 Å². The second kappa shape index (κ2) is 10.3. The second-order valence-corrected chi connectivity index (χ2v) is 8.36. The van der Waals surface area contributed by atoms with E-state index in [1.807, 2.05) is 65.6 Å². The number of para-hydroxylation sites is 1. The smallest absolute Gasteiger partial charge is 0.270 e. The quantitative estimate of drug-likeness (QED) is 0.550. The number of aromatic nitrogens is 1. The molecule has 3 N–H and O–H groups in total. The Balaban J connectivity index is 1.32. The predicted molar refractivity (Wildman–Crippen MR) is 126 cm³/mol. The Morgan fingerprint density at radius 1 is 0.939 bits per heavy atom. The van der Waals surface area contributed by atoms with E-state index in [0.29, 0.717) is 45.0 Å².